The predicted molar refractivity (Wildman–Crippen MR) is 253 cm³/mol. The number of anilines is 3. The van der Waals surface area contributed by atoms with Crippen LogP contribution in [0.2, 0.25) is 0 Å². The first-order chi connectivity index (χ1) is 29.4. The van der Waals surface area contributed by atoms with Gasteiger partial charge in [-0.3, -0.25) is 0 Å². The molecule has 1 heterocycles. The van der Waals surface area contributed by atoms with Crippen LogP contribution in [0, 0.1) is 11.3 Å². The van der Waals surface area contributed by atoms with E-state index in [-0.39, 0.29) is 22.7 Å². The SMILES string of the molecule is CC/C=C\C=C(/C)C1(c2ccc(N(c3ccccc3)c3ccc4c(c3)C=C[C@@](C)(C3=C5Oc6ccccc6[C@@H]5CC=C3)C4)cc2)c2ccccc2C(C)/C=C\C=C/[C@@H]1CC. The molecule has 9 rings (SSSR count). The van der Waals surface area contributed by atoms with Crippen LogP contribution in [0.4, 0.5) is 17.1 Å². The molecule has 0 bridgehead atoms. The largest absolute Gasteiger partial charge is 0.460 e. The number of benzene rings is 5. The van der Waals surface area contributed by atoms with Gasteiger partial charge in [-0.2, -0.15) is 0 Å². The Morgan fingerprint density at radius 2 is 1.50 bits per heavy atom. The van der Waals surface area contributed by atoms with Gasteiger partial charge in [0.15, 0.2) is 0 Å². The van der Waals surface area contributed by atoms with E-state index in [2.05, 4.69) is 228 Å². The monoisotopic (exact) mass is 783 g/mol. The highest BCUT2D eigenvalue weighted by Gasteiger charge is 2.44. The van der Waals surface area contributed by atoms with Gasteiger partial charge in [-0.25, -0.2) is 0 Å². The summed E-state index contributed by atoms with van der Waals surface area (Å²) >= 11 is 0. The Morgan fingerprint density at radius 3 is 2.30 bits per heavy atom. The number of para-hydroxylation sites is 2. The van der Waals surface area contributed by atoms with Crippen molar-refractivity contribution < 1.29 is 4.74 Å². The topological polar surface area (TPSA) is 12.5 Å². The Morgan fingerprint density at radius 1 is 0.783 bits per heavy atom. The van der Waals surface area contributed by atoms with Crippen LogP contribution in [-0.4, -0.2) is 0 Å². The summed E-state index contributed by atoms with van der Waals surface area (Å²) in [6, 6.07) is 45.1. The molecule has 2 heteroatoms. The van der Waals surface area contributed by atoms with Crippen LogP contribution in [0.15, 0.2) is 199 Å². The lowest BCUT2D eigenvalue weighted by molar-refractivity contribution is 0.389. The molecule has 0 radical (unpaired) electrons. The minimum Gasteiger partial charge on any atom is -0.460 e. The zero-order chi connectivity index (χ0) is 41.3. The standard InChI is InChI=1S/C58H57NO/c1-6-8-10-21-42(4)58(45(7-2)22-14-13-20-41(3)50-25-15-17-28-53(50)58)46-32-35-48(36-33-46)59(47-23-11-9-12-24-47)49-34-31-44-40-57(5,38-37-43(44)39-49)54-29-19-27-52-51-26-16-18-30-55(51)60-56(52)54/h8-26,28-39,41,45,52H,6-7,27,40H2,1-5H3/b10-8-,20-13-,22-14-,42-21+/t41?,45-,52-,57+,58?/m0/s1. The number of hydrogen-bond donors (Lipinski definition) is 0. The molecule has 0 fully saturated rings. The van der Waals surface area contributed by atoms with Crippen LogP contribution in [0.25, 0.3) is 6.08 Å². The van der Waals surface area contributed by atoms with Crippen molar-refractivity contribution in [3.63, 3.8) is 0 Å². The molecule has 1 aliphatic heterocycles. The molecular weight excluding hydrogens is 727 g/mol. The molecule has 60 heavy (non-hydrogen) atoms. The summed E-state index contributed by atoms with van der Waals surface area (Å²) in [6.07, 6.45) is 29.5. The summed E-state index contributed by atoms with van der Waals surface area (Å²) in [7, 11) is 0. The lowest BCUT2D eigenvalue weighted by Crippen LogP contribution is -2.38. The number of hydrogen-bond acceptors (Lipinski definition) is 2. The van der Waals surface area contributed by atoms with Gasteiger partial charge in [-0.05, 0) is 115 Å². The highest BCUT2D eigenvalue weighted by Crippen LogP contribution is 2.53. The first-order valence-electron chi connectivity index (χ1n) is 22.1. The van der Waals surface area contributed by atoms with Gasteiger partial charge in [0, 0.05) is 44.9 Å². The van der Waals surface area contributed by atoms with Crippen LogP contribution in [0.3, 0.4) is 0 Å². The van der Waals surface area contributed by atoms with Crippen molar-refractivity contribution in [1.29, 1.82) is 0 Å². The summed E-state index contributed by atoms with van der Waals surface area (Å²) in [5, 5.41) is 0. The minimum atomic E-state index is -0.365. The van der Waals surface area contributed by atoms with Crippen molar-refractivity contribution in [3.8, 4) is 5.75 Å². The predicted octanol–water partition coefficient (Wildman–Crippen LogP) is 15.6. The average molecular weight is 784 g/mol. The first-order valence-corrected chi connectivity index (χ1v) is 22.1. The van der Waals surface area contributed by atoms with E-state index in [1.54, 1.807) is 0 Å². The van der Waals surface area contributed by atoms with Crippen LogP contribution < -0.4 is 9.64 Å². The third kappa shape index (κ3) is 6.86. The highest BCUT2D eigenvalue weighted by atomic mass is 16.5. The van der Waals surface area contributed by atoms with Crippen LogP contribution in [0.1, 0.15) is 99.1 Å². The van der Waals surface area contributed by atoms with Crippen molar-refractivity contribution in [3.05, 3.63) is 232 Å². The van der Waals surface area contributed by atoms with Crippen molar-refractivity contribution in [2.45, 2.75) is 77.6 Å². The summed E-state index contributed by atoms with van der Waals surface area (Å²) < 4.78 is 6.59. The van der Waals surface area contributed by atoms with Crippen molar-refractivity contribution in [2.24, 2.45) is 11.3 Å². The molecule has 2 nitrogen and oxygen atoms in total. The van der Waals surface area contributed by atoms with E-state index >= 15 is 0 Å². The van der Waals surface area contributed by atoms with E-state index < -0.39 is 0 Å². The lowest BCUT2D eigenvalue weighted by Gasteiger charge is -2.43. The fourth-order valence-corrected chi connectivity index (χ4v) is 10.5. The summed E-state index contributed by atoms with van der Waals surface area (Å²) in [4.78, 5) is 2.41. The van der Waals surface area contributed by atoms with Gasteiger partial charge in [0.05, 0.1) is 0 Å². The van der Waals surface area contributed by atoms with Gasteiger partial charge in [-0.15, -0.1) is 0 Å². The molecule has 2 unspecified atom stereocenters. The third-order valence-corrected chi connectivity index (χ3v) is 13.6. The van der Waals surface area contributed by atoms with Gasteiger partial charge in [0.1, 0.15) is 11.5 Å². The van der Waals surface area contributed by atoms with Crippen LogP contribution in [0.5, 0.6) is 5.75 Å². The molecule has 5 aromatic carbocycles. The molecule has 0 N–H and O–H groups in total. The molecule has 5 atom stereocenters. The molecule has 300 valence electrons. The number of nitrogens with zero attached hydrogens (tertiary/aromatic N) is 1. The van der Waals surface area contributed by atoms with Gasteiger partial charge in [0.2, 0.25) is 0 Å². The van der Waals surface area contributed by atoms with Crippen LogP contribution >= 0.6 is 0 Å². The van der Waals surface area contributed by atoms with Gasteiger partial charge >= 0.3 is 0 Å². The second-order valence-electron chi connectivity index (χ2n) is 17.3. The third-order valence-electron chi connectivity index (χ3n) is 13.6. The maximum atomic E-state index is 6.59. The lowest BCUT2D eigenvalue weighted by atomic mass is 9.59. The molecule has 3 aliphatic carbocycles. The molecule has 4 aliphatic rings. The minimum absolute atomic E-state index is 0.168. The van der Waals surface area contributed by atoms with Gasteiger partial charge < -0.3 is 9.64 Å². The molecule has 0 amide bonds. The maximum absolute atomic E-state index is 6.59. The molecule has 0 saturated carbocycles. The van der Waals surface area contributed by atoms with E-state index in [4.69, 9.17) is 4.74 Å². The Labute approximate surface area is 358 Å². The van der Waals surface area contributed by atoms with Gasteiger partial charge in [0.25, 0.3) is 0 Å². The van der Waals surface area contributed by atoms with Crippen molar-refractivity contribution >= 4 is 23.1 Å². The average Bonchev–Trinajstić information content (AvgIpc) is 3.69. The molecular formula is C58H57NO. The van der Waals surface area contributed by atoms with E-state index in [0.717, 1.165) is 54.3 Å². The van der Waals surface area contributed by atoms with Crippen molar-refractivity contribution in [2.75, 3.05) is 4.90 Å². The zero-order valence-electron chi connectivity index (χ0n) is 35.8. The second kappa shape index (κ2) is 16.5. The van der Waals surface area contributed by atoms with E-state index in [9.17, 15) is 0 Å². The number of rotatable bonds is 9. The molecule has 0 spiro atoms. The molecule has 5 aromatic rings. The summed E-state index contributed by atoms with van der Waals surface area (Å²) in [5.41, 5.74) is 13.5. The number of allylic oxidation sites excluding steroid dienone is 13. The van der Waals surface area contributed by atoms with E-state index in [0.29, 0.717) is 5.92 Å². The smallest absolute Gasteiger partial charge is 0.130 e. The van der Waals surface area contributed by atoms with Gasteiger partial charge in [-0.1, -0.05) is 179 Å². The Balaban J connectivity index is 1.12. The van der Waals surface area contributed by atoms with E-state index in [1.807, 2.05) is 0 Å². The van der Waals surface area contributed by atoms with Crippen molar-refractivity contribution in [1.82, 2.24) is 0 Å². The summed E-state index contributed by atoms with van der Waals surface area (Å²) in [6.45, 7) is 11.6. The highest BCUT2D eigenvalue weighted by molar-refractivity contribution is 5.79. The Hall–Kier alpha value is -6.12. The van der Waals surface area contributed by atoms with E-state index in [1.165, 1.54) is 44.5 Å². The van der Waals surface area contributed by atoms with Crippen LogP contribution in [-0.2, 0) is 11.8 Å². The molecule has 0 saturated heterocycles. The summed E-state index contributed by atoms with van der Waals surface area (Å²) in [5.74, 6) is 2.96. The number of ether oxygens (including phenoxy) is 1. The molecule has 0 aromatic heterocycles. The zero-order valence-corrected chi connectivity index (χ0v) is 35.8. The maximum Gasteiger partial charge on any atom is 0.130 e. The first kappa shape index (κ1) is 39.3. The second-order valence-corrected chi connectivity index (χ2v) is 17.3. The normalized spacial score (nSPS) is 25.3. The fraction of sp³-hybridized carbons (Fsp3) is 0.241. The Kier molecular flexibility index (Phi) is 10.8. The fourth-order valence-electron chi connectivity index (χ4n) is 10.5. The quantitative estimate of drug-likeness (QED) is 0.138. The Bertz CT molecular complexity index is 2600. The number of fused-ring (bicyclic) bond motifs is 5.